The lowest BCUT2D eigenvalue weighted by molar-refractivity contribution is 0.283. The number of thiophene rings is 1. The fourth-order valence-corrected chi connectivity index (χ4v) is 3.64. The van der Waals surface area contributed by atoms with Crippen molar-refractivity contribution in [3.63, 3.8) is 0 Å². The molecule has 0 unspecified atom stereocenters. The largest absolute Gasteiger partial charge is 0.392 e. The van der Waals surface area contributed by atoms with Crippen LogP contribution in [0.1, 0.15) is 11.1 Å². The van der Waals surface area contributed by atoms with E-state index in [1.54, 1.807) is 11.3 Å². The first-order chi connectivity index (χ1) is 6.77. The normalized spacial score (nSPS) is 11.1. The molecular weight excluding hydrogens is 280 g/mol. The molecule has 14 heavy (non-hydrogen) atoms. The van der Waals surface area contributed by atoms with Gasteiger partial charge in [0.15, 0.2) is 0 Å². The van der Waals surface area contributed by atoms with Crippen molar-refractivity contribution in [3.05, 3.63) is 28.6 Å². The van der Waals surface area contributed by atoms with E-state index in [1.807, 2.05) is 12.1 Å². The molecule has 1 heterocycles. The average Bonchev–Trinajstić information content (AvgIpc) is 2.63. The molecule has 1 aromatic heterocycles. The van der Waals surface area contributed by atoms with Crippen LogP contribution >= 0.6 is 39.9 Å². The van der Waals surface area contributed by atoms with Gasteiger partial charge in [0.2, 0.25) is 0 Å². The van der Waals surface area contributed by atoms with E-state index in [9.17, 15) is 5.11 Å². The van der Waals surface area contributed by atoms with Crippen LogP contribution in [0.25, 0.3) is 10.1 Å². The summed E-state index contributed by atoms with van der Waals surface area (Å²) in [6, 6.07) is 3.87. The van der Waals surface area contributed by atoms with Crippen LogP contribution in [0.2, 0.25) is 0 Å². The van der Waals surface area contributed by atoms with Crippen molar-refractivity contribution < 1.29 is 5.11 Å². The molecule has 0 fully saturated rings. The number of aliphatic hydroxyl groups excluding tert-OH is 1. The van der Waals surface area contributed by atoms with Crippen LogP contribution in [0, 0.1) is 0 Å². The zero-order chi connectivity index (χ0) is 10.1. The number of halogens is 1. The molecule has 0 amide bonds. The van der Waals surface area contributed by atoms with Crippen molar-refractivity contribution in [1.29, 1.82) is 0 Å². The lowest BCUT2D eigenvalue weighted by Gasteiger charge is -2.02. The monoisotopic (exact) mass is 288 g/mol. The van der Waals surface area contributed by atoms with Crippen LogP contribution in [-0.4, -0.2) is 5.11 Å². The summed E-state index contributed by atoms with van der Waals surface area (Å²) in [7, 11) is 0. The average molecular weight is 289 g/mol. The van der Waals surface area contributed by atoms with Crippen molar-refractivity contribution in [2.24, 2.45) is 0 Å². The highest BCUT2D eigenvalue weighted by Gasteiger charge is 2.09. The van der Waals surface area contributed by atoms with Gasteiger partial charge in [0.05, 0.1) is 6.61 Å². The molecule has 74 valence electrons. The maximum atomic E-state index is 9.18. The van der Waals surface area contributed by atoms with Gasteiger partial charge in [-0.2, -0.15) is 0 Å². The first-order valence-electron chi connectivity index (χ1n) is 4.15. The van der Waals surface area contributed by atoms with E-state index < -0.39 is 0 Å². The smallest absolute Gasteiger partial charge is 0.0695 e. The Morgan fingerprint density at radius 3 is 2.79 bits per heavy atom. The Morgan fingerprint density at radius 1 is 1.36 bits per heavy atom. The molecule has 0 aliphatic rings. The molecule has 0 atom stereocenters. The summed E-state index contributed by atoms with van der Waals surface area (Å²) in [5, 5.41) is 13.3. The van der Waals surface area contributed by atoms with E-state index in [-0.39, 0.29) is 6.61 Å². The Labute approximate surface area is 100 Å². The summed E-state index contributed by atoms with van der Waals surface area (Å²) in [5.74, 6) is 0. The minimum Gasteiger partial charge on any atom is -0.392 e. The van der Waals surface area contributed by atoms with Crippen LogP contribution in [-0.2, 0) is 11.9 Å². The maximum absolute atomic E-state index is 9.18. The number of alkyl halides is 1. The van der Waals surface area contributed by atoms with Crippen molar-refractivity contribution >= 4 is 50.0 Å². The molecule has 1 aromatic carbocycles. The second-order valence-corrected chi connectivity index (χ2v) is 4.92. The predicted molar refractivity (Wildman–Crippen MR) is 67.6 cm³/mol. The lowest BCUT2D eigenvalue weighted by atomic mass is 10.1. The summed E-state index contributed by atoms with van der Waals surface area (Å²) in [6.07, 6.45) is 0. The topological polar surface area (TPSA) is 20.2 Å². The van der Waals surface area contributed by atoms with Gasteiger partial charge in [0, 0.05) is 20.3 Å². The van der Waals surface area contributed by atoms with E-state index in [0.717, 1.165) is 20.5 Å². The third kappa shape index (κ3) is 1.60. The number of rotatable bonds is 2. The Hall–Kier alpha value is -0.0300. The minimum atomic E-state index is 0.0901. The Kier molecular flexibility index (Phi) is 3.17. The minimum absolute atomic E-state index is 0.0901. The van der Waals surface area contributed by atoms with E-state index in [2.05, 4.69) is 33.9 Å². The molecule has 2 rings (SSSR count). The third-order valence-electron chi connectivity index (χ3n) is 2.17. The third-order valence-corrected chi connectivity index (χ3v) is 4.25. The molecule has 2 aromatic rings. The molecule has 0 bridgehead atoms. The quantitative estimate of drug-likeness (QED) is 0.639. The van der Waals surface area contributed by atoms with Gasteiger partial charge < -0.3 is 5.11 Å². The van der Waals surface area contributed by atoms with Gasteiger partial charge >= 0.3 is 0 Å². The van der Waals surface area contributed by atoms with Crippen molar-refractivity contribution in [2.45, 2.75) is 16.8 Å². The molecule has 0 saturated carbocycles. The molecule has 1 nitrogen and oxygen atoms in total. The van der Waals surface area contributed by atoms with Crippen LogP contribution in [0.15, 0.2) is 22.4 Å². The first-order valence-corrected chi connectivity index (χ1v) is 6.60. The highest BCUT2D eigenvalue weighted by atomic mass is 79.9. The number of thiol groups is 1. The van der Waals surface area contributed by atoms with E-state index in [0.29, 0.717) is 0 Å². The van der Waals surface area contributed by atoms with Gasteiger partial charge in [-0.3, -0.25) is 0 Å². The van der Waals surface area contributed by atoms with Gasteiger partial charge in [-0.05, 0) is 22.6 Å². The number of fused-ring (bicyclic) bond motifs is 1. The van der Waals surface area contributed by atoms with Crippen molar-refractivity contribution in [2.75, 3.05) is 0 Å². The fraction of sp³-hybridized carbons (Fsp3) is 0.200. The number of benzene rings is 1. The van der Waals surface area contributed by atoms with Gasteiger partial charge in [-0.15, -0.1) is 24.0 Å². The first kappa shape index (κ1) is 10.5. The lowest BCUT2D eigenvalue weighted by Crippen LogP contribution is -1.84. The summed E-state index contributed by atoms with van der Waals surface area (Å²) < 4.78 is 1.15. The number of hydrogen-bond donors (Lipinski definition) is 2. The predicted octanol–water partition coefficient (Wildman–Crippen LogP) is 3.58. The zero-order valence-corrected chi connectivity index (χ0v) is 10.6. The summed E-state index contributed by atoms with van der Waals surface area (Å²) in [5.41, 5.74) is 2.22. The van der Waals surface area contributed by atoms with Gasteiger partial charge in [-0.1, -0.05) is 22.0 Å². The van der Waals surface area contributed by atoms with Gasteiger partial charge in [0.25, 0.3) is 0 Å². The van der Waals surface area contributed by atoms with E-state index >= 15 is 0 Å². The van der Waals surface area contributed by atoms with Crippen molar-refractivity contribution in [3.8, 4) is 0 Å². The molecule has 0 saturated heterocycles. The second-order valence-electron chi connectivity index (χ2n) is 3.00. The Bertz CT molecular complexity index is 464. The van der Waals surface area contributed by atoms with Crippen LogP contribution in [0.5, 0.6) is 0 Å². The zero-order valence-electron chi connectivity index (χ0n) is 7.33. The summed E-state index contributed by atoms with van der Waals surface area (Å²) in [4.78, 5) is 0.980. The van der Waals surface area contributed by atoms with Crippen LogP contribution in [0.4, 0.5) is 0 Å². The summed E-state index contributed by atoms with van der Waals surface area (Å²) >= 11 is 9.54. The standard InChI is InChI=1S/C10H9BrOS2/c11-3-7-5-14-10-6(4-12)1-2-8(13)9(7)10/h1-2,5,12-13H,3-4H2. The van der Waals surface area contributed by atoms with Crippen molar-refractivity contribution in [1.82, 2.24) is 0 Å². The molecule has 4 heteroatoms. The van der Waals surface area contributed by atoms with Gasteiger partial charge in [0.1, 0.15) is 0 Å². The molecule has 0 spiro atoms. The molecule has 0 radical (unpaired) electrons. The second kappa shape index (κ2) is 4.23. The molecule has 0 aliphatic carbocycles. The van der Waals surface area contributed by atoms with Crippen LogP contribution in [0.3, 0.4) is 0 Å². The summed E-state index contributed by atoms with van der Waals surface area (Å²) in [6.45, 7) is 0.0901. The SMILES string of the molecule is OCc1ccc(S)c2c(CBr)csc12. The van der Waals surface area contributed by atoms with E-state index in [4.69, 9.17) is 0 Å². The Balaban J connectivity index is 2.80. The molecular formula is C10H9BrOS2. The molecule has 1 N–H and O–H groups in total. The highest BCUT2D eigenvalue weighted by molar-refractivity contribution is 9.08. The number of hydrogen-bond acceptors (Lipinski definition) is 3. The number of aliphatic hydroxyl groups is 1. The molecule has 0 aliphatic heterocycles. The van der Waals surface area contributed by atoms with E-state index in [1.165, 1.54) is 10.9 Å². The van der Waals surface area contributed by atoms with Gasteiger partial charge in [-0.25, -0.2) is 0 Å². The van der Waals surface area contributed by atoms with Crippen LogP contribution < -0.4 is 0 Å². The maximum Gasteiger partial charge on any atom is 0.0695 e. The highest BCUT2D eigenvalue weighted by Crippen LogP contribution is 2.34. The Morgan fingerprint density at radius 2 is 2.14 bits per heavy atom. The fourth-order valence-electron chi connectivity index (χ4n) is 1.47.